The van der Waals surface area contributed by atoms with Gasteiger partial charge in [0.1, 0.15) is 11.6 Å². The Hall–Kier alpha value is -1.03. The number of aromatic nitrogens is 2. The van der Waals surface area contributed by atoms with E-state index in [0.29, 0.717) is 6.54 Å². The molecule has 0 spiro atoms. The first-order valence-electron chi connectivity index (χ1n) is 5.71. The van der Waals surface area contributed by atoms with Crippen LogP contribution in [0.2, 0.25) is 0 Å². The SMILES string of the molecule is Cc1nc(N2CCCCC2)cn1CCO. The molecule has 0 unspecified atom stereocenters. The number of hydrogen-bond acceptors (Lipinski definition) is 3. The summed E-state index contributed by atoms with van der Waals surface area (Å²) in [7, 11) is 0. The predicted molar refractivity (Wildman–Crippen MR) is 60.1 cm³/mol. The predicted octanol–water partition coefficient (Wildman–Crippen LogP) is 1.17. The minimum absolute atomic E-state index is 0.177. The van der Waals surface area contributed by atoms with Crippen molar-refractivity contribution in [2.24, 2.45) is 0 Å². The van der Waals surface area contributed by atoms with Crippen LogP contribution in [-0.4, -0.2) is 34.4 Å². The number of hydrogen-bond donors (Lipinski definition) is 1. The number of aryl methyl sites for hydroxylation is 1. The molecule has 2 rings (SSSR count). The molecule has 1 aromatic rings. The molecule has 1 N–H and O–H groups in total. The maximum absolute atomic E-state index is 8.90. The largest absolute Gasteiger partial charge is 0.395 e. The lowest BCUT2D eigenvalue weighted by Gasteiger charge is -2.26. The van der Waals surface area contributed by atoms with E-state index < -0.39 is 0 Å². The lowest BCUT2D eigenvalue weighted by atomic mass is 10.1. The number of aliphatic hydroxyl groups is 1. The second-order valence-electron chi connectivity index (χ2n) is 4.11. The van der Waals surface area contributed by atoms with Crippen molar-refractivity contribution in [3.63, 3.8) is 0 Å². The fourth-order valence-corrected chi connectivity index (χ4v) is 2.10. The van der Waals surface area contributed by atoms with Crippen LogP contribution >= 0.6 is 0 Å². The van der Waals surface area contributed by atoms with Gasteiger partial charge in [-0.3, -0.25) is 0 Å². The third-order valence-electron chi connectivity index (χ3n) is 2.98. The van der Waals surface area contributed by atoms with Gasteiger partial charge in [-0.25, -0.2) is 4.98 Å². The third-order valence-corrected chi connectivity index (χ3v) is 2.98. The summed E-state index contributed by atoms with van der Waals surface area (Å²) in [5.41, 5.74) is 0. The van der Waals surface area contributed by atoms with Crippen molar-refractivity contribution in [2.45, 2.75) is 32.7 Å². The van der Waals surface area contributed by atoms with E-state index in [4.69, 9.17) is 5.11 Å². The maximum Gasteiger partial charge on any atom is 0.147 e. The zero-order valence-corrected chi connectivity index (χ0v) is 9.32. The van der Waals surface area contributed by atoms with Crippen LogP contribution in [0.4, 0.5) is 5.82 Å². The molecular formula is C11H19N3O. The van der Waals surface area contributed by atoms with Gasteiger partial charge < -0.3 is 14.6 Å². The summed E-state index contributed by atoms with van der Waals surface area (Å²) >= 11 is 0. The molecule has 1 saturated heterocycles. The molecule has 0 radical (unpaired) electrons. The van der Waals surface area contributed by atoms with E-state index in [9.17, 15) is 0 Å². The summed E-state index contributed by atoms with van der Waals surface area (Å²) in [6.07, 6.45) is 5.93. The Labute approximate surface area is 90.5 Å². The van der Waals surface area contributed by atoms with Crippen LogP contribution in [0.3, 0.4) is 0 Å². The van der Waals surface area contributed by atoms with Gasteiger partial charge in [0.2, 0.25) is 0 Å². The summed E-state index contributed by atoms with van der Waals surface area (Å²) < 4.78 is 2.02. The molecule has 0 bridgehead atoms. The van der Waals surface area contributed by atoms with Crippen LogP contribution in [0.5, 0.6) is 0 Å². The van der Waals surface area contributed by atoms with Crippen LogP contribution in [0.1, 0.15) is 25.1 Å². The van der Waals surface area contributed by atoms with Gasteiger partial charge >= 0.3 is 0 Å². The summed E-state index contributed by atoms with van der Waals surface area (Å²) in [6.45, 7) is 5.05. The quantitative estimate of drug-likeness (QED) is 0.812. The normalized spacial score (nSPS) is 17.1. The zero-order chi connectivity index (χ0) is 10.7. The Morgan fingerprint density at radius 3 is 2.73 bits per heavy atom. The Balaban J connectivity index is 2.10. The van der Waals surface area contributed by atoms with Crippen LogP contribution in [0, 0.1) is 6.92 Å². The first-order valence-corrected chi connectivity index (χ1v) is 5.71. The number of rotatable bonds is 3. The molecule has 1 aliphatic heterocycles. The van der Waals surface area contributed by atoms with E-state index in [0.717, 1.165) is 24.7 Å². The monoisotopic (exact) mass is 209 g/mol. The van der Waals surface area contributed by atoms with Crippen LogP contribution in [0.15, 0.2) is 6.20 Å². The van der Waals surface area contributed by atoms with Gasteiger partial charge in [-0.05, 0) is 26.2 Å². The van der Waals surface area contributed by atoms with Crippen LogP contribution < -0.4 is 4.90 Å². The molecule has 0 amide bonds. The number of aliphatic hydroxyl groups excluding tert-OH is 1. The summed E-state index contributed by atoms with van der Waals surface area (Å²) in [5, 5.41) is 8.90. The van der Waals surface area contributed by atoms with Crippen molar-refractivity contribution < 1.29 is 5.11 Å². The zero-order valence-electron chi connectivity index (χ0n) is 9.32. The van der Waals surface area contributed by atoms with E-state index in [1.54, 1.807) is 0 Å². The number of piperidine rings is 1. The molecule has 84 valence electrons. The van der Waals surface area contributed by atoms with Gasteiger partial charge in [0, 0.05) is 25.8 Å². The molecule has 0 aromatic carbocycles. The fraction of sp³-hybridized carbons (Fsp3) is 0.727. The Bertz CT molecular complexity index is 316. The van der Waals surface area contributed by atoms with Crippen molar-refractivity contribution in [1.82, 2.24) is 9.55 Å². The second-order valence-corrected chi connectivity index (χ2v) is 4.11. The van der Waals surface area contributed by atoms with Crippen molar-refractivity contribution in [2.75, 3.05) is 24.6 Å². The molecule has 1 aliphatic rings. The molecule has 1 fully saturated rings. The Kier molecular flexibility index (Phi) is 3.26. The van der Waals surface area contributed by atoms with Gasteiger partial charge in [-0.2, -0.15) is 0 Å². The summed E-state index contributed by atoms with van der Waals surface area (Å²) in [5.74, 6) is 2.06. The van der Waals surface area contributed by atoms with E-state index in [2.05, 4.69) is 16.1 Å². The standard InChI is InChI=1S/C11H19N3O/c1-10-12-11(9-14(10)7-8-15)13-5-3-2-4-6-13/h9,15H,2-8H2,1H3. The van der Waals surface area contributed by atoms with Crippen LogP contribution in [0.25, 0.3) is 0 Å². The Morgan fingerprint density at radius 2 is 2.07 bits per heavy atom. The number of nitrogens with zero attached hydrogens (tertiary/aromatic N) is 3. The smallest absolute Gasteiger partial charge is 0.147 e. The number of imidazole rings is 1. The molecule has 2 heterocycles. The molecule has 1 aromatic heterocycles. The average Bonchev–Trinajstić information content (AvgIpc) is 2.63. The third kappa shape index (κ3) is 2.31. The van der Waals surface area contributed by atoms with E-state index in [1.807, 2.05) is 11.5 Å². The second kappa shape index (κ2) is 4.66. The highest BCUT2D eigenvalue weighted by molar-refractivity contribution is 5.37. The van der Waals surface area contributed by atoms with Gasteiger partial charge in [0.25, 0.3) is 0 Å². The highest BCUT2D eigenvalue weighted by Gasteiger charge is 2.14. The van der Waals surface area contributed by atoms with Gasteiger partial charge in [-0.15, -0.1) is 0 Å². The van der Waals surface area contributed by atoms with Crippen molar-refractivity contribution in [1.29, 1.82) is 0 Å². The maximum atomic E-state index is 8.90. The van der Waals surface area contributed by atoms with E-state index in [-0.39, 0.29) is 6.61 Å². The van der Waals surface area contributed by atoms with Crippen LogP contribution in [-0.2, 0) is 6.54 Å². The highest BCUT2D eigenvalue weighted by Crippen LogP contribution is 2.18. The van der Waals surface area contributed by atoms with Gasteiger partial charge in [0.15, 0.2) is 0 Å². The van der Waals surface area contributed by atoms with Crippen molar-refractivity contribution in [3.05, 3.63) is 12.0 Å². The Morgan fingerprint density at radius 1 is 1.33 bits per heavy atom. The lowest BCUT2D eigenvalue weighted by Crippen LogP contribution is -2.29. The lowest BCUT2D eigenvalue weighted by molar-refractivity contribution is 0.275. The molecule has 0 aliphatic carbocycles. The van der Waals surface area contributed by atoms with Gasteiger partial charge in [-0.1, -0.05) is 0 Å². The van der Waals surface area contributed by atoms with Gasteiger partial charge in [0.05, 0.1) is 6.61 Å². The summed E-state index contributed by atoms with van der Waals surface area (Å²) in [4.78, 5) is 6.87. The van der Waals surface area contributed by atoms with Crippen molar-refractivity contribution >= 4 is 5.82 Å². The summed E-state index contributed by atoms with van der Waals surface area (Å²) in [6, 6.07) is 0. The molecule has 0 saturated carbocycles. The first kappa shape index (κ1) is 10.5. The van der Waals surface area contributed by atoms with E-state index >= 15 is 0 Å². The van der Waals surface area contributed by atoms with E-state index in [1.165, 1.54) is 19.3 Å². The number of anilines is 1. The molecule has 4 heteroatoms. The average molecular weight is 209 g/mol. The topological polar surface area (TPSA) is 41.3 Å². The highest BCUT2D eigenvalue weighted by atomic mass is 16.3. The molecule has 15 heavy (non-hydrogen) atoms. The molecular weight excluding hydrogens is 190 g/mol. The fourth-order valence-electron chi connectivity index (χ4n) is 2.10. The molecule has 4 nitrogen and oxygen atoms in total. The minimum atomic E-state index is 0.177. The molecule has 0 atom stereocenters. The minimum Gasteiger partial charge on any atom is -0.395 e. The first-order chi connectivity index (χ1) is 7.31. The van der Waals surface area contributed by atoms with Crippen molar-refractivity contribution in [3.8, 4) is 0 Å².